The number of aryl methyl sites for hydroxylation is 1. The van der Waals surface area contributed by atoms with Gasteiger partial charge in [0.25, 0.3) is 0 Å². The quantitative estimate of drug-likeness (QED) is 0.838. The molecule has 0 saturated heterocycles. The second kappa shape index (κ2) is 5.16. The van der Waals surface area contributed by atoms with Gasteiger partial charge in [-0.2, -0.15) is 0 Å². The van der Waals surface area contributed by atoms with Gasteiger partial charge in [0.15, 0.2) is 0 Å². The zero-order chi connectivity index (χ0) is 10.7. The van der Waals surface area contributed by atoms with Crippen LogP contribution in [0, 0.1) is 6.92 Å². The minimum atomic E-state index is 0.405. The lowest BCUT2D eigenvalue weighted by molar-refractivity contribution is 0.962. The Morgan fingerprint density at radius 3 is 2.80 bits per heavy atom. The van der Waals surface area contributed by atoms with Gasteiger partial charge in [0, 0.05) is 16.3 Å². The third-order valence-electron chi connectivity index (χ3n) is 2.05. The molecule has 0 aliphatic carbocycles. The molecule has 0 fully saturated rings. The molecule has 0 aromatic carbocycles. The molecule has 80 valence electrons. The number of nitrogens with two attached hydrogens (primary N) is 1. The Labute approximate surface area is 102 Å². The van der Waals surface area contributed by atoms with Crippen molar-refractivity contribution < 1.29 is 0 Å². The normalized spacial score (nSPS) is 12.9. The first kappa shape index (κ1) is 11.2. The molecule has 2 N–H and O–H groups in total. The van der Waals surface area contributed by atoms with E-state index in [1.54, 1.807) is 11.3 Å². The summed E-state index contributed by atoms with van der Waals surface area (Å²) in [6.45, 7) is 2.83. The Bertz CT molecular complexity index is 405. The van der Waals surface area contributed by atoms with E-state index in [1.165, 1.54) is 14.0 Å². The lowest BCUT2D eigenvalue weighted by Gasteiger charge is -2.10. The van der Waals surface area contributed by atoms with E-state index in [2.05, 4.69) is 36.6 Å². The molecule has 0 amide bonds. The van der Waals surface area contributed by atoms with Crippen LogP contribution in [0.1, 0.15) is 15.0 Å². The van der Waals surface area contributed by atoms with Gasteiger partial charge in [0.05, 0.1) is 9.46 Å². The van der Waals surface area contributed by atoms with Crippen molar-refractivity contribution in [1.29, 1.82) is 0 Å². The molecule has 0 saturated carbocycles. The molecule has 0 aliphatic heterocycles. The van der Waals surface area contributed by atoms with Crippen molar-refractivity contribution in [2.75, 3.05) is 6.54 Å². The molecule has 0 spiro atoms. The van der Waals surface area contributed by atoms with E-state index in [9.17, 15) is 0 Å². The van der Waals surface area contributed by atoms with Crippen molar-refractivity contribution in [3.05, 3.63) is 39.4 Å². The summed E-state index contributed by atoms with van der Waals surface area (Å²) in [5.41, 5.74) is 5.82. The van der Waals surface area contributed by atoms with E-state index in [1.807, 2.05) is 23.1 Å². The van der Waals surface area contributed by atoms with E-state index < -0.39 is 0 Å². The SMILES string of the molecule is Cc1ccc(C(CN)Sc2cccs2)s1. The Hall–Kier alpha value is -0.290. The monoisotopic (exact) mass is 255 g/mol. The number of thioether (sulfide) groups is 1. The number of hydrogen-bond donors (Lipinski definition) is 1. The van der Waals surface area contributed by atoms with Crippen LogP contribution in [0.3, 0.4) is 0 Å². The lowest BCUT2D eigenvalue weighted by atomic mass is 10.3. The van der Waals surface area contributed by atoms with Crippen LogP contribution in [0.15, 0.2) is 33.9 Å². The second-order valence-corrected chi connectivity index (χ2v) is 6.99. The van der Waals surface area contributed by atoms with Gasteiger partial charge in [-0.25, -0.2) is 0 Å². The highest BCUT2D eigenvalue weighted by Gasteiger charge is 2.13. The predicted molar refractivity (Wildman–Crippen MR) is 71.0 cm³/mol. The highest BCUT2D eigenvalue weighted by Crippen LogP contribution is 2.39. The lowest BCUT2D eigenvalue weighted by Crippen LogP contribution is -2.07. The summed E-state index contributed by atoms with van der Waals surface area (Å²) >= 11 is 5.49. The first-order chi connectivity index (χ1) is 7.29. The molecule has 2 rings (SSSR count). The van der Waals surface area contributed by atoms with Gasteiger partial charge >= 0.3 is 0 Å². The zero-order valence-corrected chi connectivity index (χ0v) is 10.9. The maximum absolute atomic E-state index is 5.82. The molecule has 2 aromatic heterocycles. The predicted octanol–water partition coefficient (Wildman–Crippen LogP) is 3.91. The smallest absolute Gasteiger partial charge is 0.0605 e. The Morgan fingerprint density at radius 1 is 1.40 bits per heavy atom. The topological polar surface area (TPSA) is 26.0 Å². The van der Waals surface area contributed by atoms with Crippen LogP contribution >= 0.6 is 34.4 Å². The van der Waals surface area contributed by atoms with E-state index in [4.69, 9.17) is 5.73 Å². The van der Waals surface area contributed by atoms with E-state index in [-0.39, 0.29) is 0 Å². The first-order valence-corrected chi connectivity index (χ1v) is 7.33. The summed E-state index contributed by atoms with van der Waals surface area (Å²) in [7, 11) is 0. The average molecular weight is 255 g/mol. The molecular formula is C11H13NS3. The molecule has 1 nitrogen and oxygen atoms in total. The maximum atomic E-state index is 5.82. The summed E-state index contributed by atoms with van der Waals surface area (Å²) in [5.74, 6) is 0. The zero-order valence-electron chi connectivity index (χ0n) is 8.47. The molecule has 4 heteroatoms. The van der Waals surface area contributed by atoms with Crippen molar-refractivity contribution >= 4 is 34.4 Å². The molecule has 2 aromatic rings. The molecule has 1 atom stereocenters. The van der Waals surface area contributed by atoms with Crippen molar-refractivity contribution in [3.63, 3.8) is 0 Å². The van der Waals surface area contributed by atoms with Gasteiger partial charge in [-0.05, 0) is 30.5 Å². The van der Waals surface area contributed by atoms with Crippen molar-refractivity contribution in [2.24, 2.45) is 5.73 Å². The van der Waals surface area contributed by atoms with Gasteiger partial charge in [-0.15, -0.1) is 34.4 Å². The van der Waals surface area contributed by atoms with Crippen LogP contribution < -0.4 is 5.73 Å². The van der Waals surface area contributed by atoms with E-state index in [0.29, 0.717) is 11.8 Å². The molecule has 2 heterocycles. The standard InChI is InChI=1S/C11H13NS3/c1-8-4-5-9(14-8)10(7-12)15-11-3-2-6-13-11/h2-6,10H,7,12H2,1H3. The summed E-state index contributed by atoms with van der Waals surface area (Å²) in [4.78, 5) is 2.74. The number of rotatable bonds is 4. The molecule has 1 unspecified atom stereocenters. The van der Waals surface area contributed by atoms with Crippen LogP contribution in [0.25, 0.3) is 0 Å². The fourth-order valence-electron chi connectivity index (χ4n) is 1.32. The molecule has 0 radical (unpaired) electrons. The maximum Gasteiger partial charge on any atom is 0.0605 e. The Balaban J connectivity index is 2.11. The molecule has 15 heavy (non-hydrogen) atoms. The van der Waals surface area contributed by atoms with Crippen LogP contribution in [0.4, 0.5) is 0 Å². The van der Waals surface area contributed by atoms with E-state index in [0.717, 1.165) is 0 Å². The van der Waals surface area contributed by atoms with Gasteiger partial charge in [-0.1, -0.05) is 6.07 Å². The van der Waals surface area contributed by atoms with Gasteiger partial charge in [0.2, 0.25) is 0 Å². The number of hydrogen-bond acceptors (Lipinski definition) is 4. The molecule has 0 bridgehead atoms. The van der Waals surface area contributed by atoms with Crippen LogP contribution in [-0.4, -0.2) is 6.54 Å². The Kier molecular flexibility index (Phi) is 3.86. The number of thiophene rings is 2. The van der Waals surface area contributed by atoms with Crippen molar-refractivity contribution in [1.82, 2.24) is 0 Å². The fraction of sp³-hybridized carbons (Fsp3) is 0.273. The summed E-state index contributed by atoms with van der Waals surface area (Å²) < 4.78 is 1.34. The fourth-order valence-corrected chi connectivity index (χ4v) is 4.39. The third kappa shape index (κ3) is 2.84. The highest BCUT2D eigenvalue weighted by atomic mass is 32.2. The third-order valence-corrected chi connectivity index (χ3v) is 5.65. The van der Waals surface area contributed by atoms with Crippen molar-refractivity contribution in [3.8, 4) is 0 Å². The minimum absolute atomic E-state index is 0.405. The molecular weight excluding hydrogens is 242 g/mol. The minimum Gasteiger partial charge on any atom is -0.329 e. The molecule has 0 aliphatic rings. The van der Waals surface area contributed by atoms with Crippen LogP contribution in [0.2, 0.25) is 0 Å². The van der Waals surface area contributed by atoms with Gasteiger partial charge in [-0.3, -0.25) is 0 Å². The largest absolute Gasteiger partial charge is 0.329 e. The summed E-state index contributed by atoms with van der Waals surface area (Å²) in [6.07, 6.45) is 0. The average Bonchev–Trinajstić information content (AvgIpc) is 2.85. The van der Waals surface area contributed by atoms with Crippen LogP contribution in [0.5, 0.6) is 0 Å². The second-order valence-electron chi connectivity index (χ2n) is 3.22. The van der Waals surface area contributed by atoms with Gasteiger partial charge < -0.3 is 5.73 Å². The van der Waals surface area contributed by atoms with Crippen LogP contribution in [-0.2, 0) is 0 Å². The first-order valence-electron chi connectivity index (χ1n) is 4.76. The van der Waals surface area contributed by atoms with Crippen molar-refractivity contribution in [2.45, 2.75) is 16.4 Å². The summed E-state index contributed by atoms with van der Waals surface area (Å²) in [6, 6.07) is 8.59. The van der Waals surface area contributed by atoms with E-state index >= 15 is 0 Å². The highest BCUT2D eigenvalue weighted by molar-refractivity contribution is 8.01. The summed E-state index contributed by atoms with van der Waals surface area (Å²) in [5, 5.41) is 2.51. The van der Waals surface area contributed by atoms with Gasteiger partial charge in [0.1, 0.15) is 0 Å². The Morgan fingerprint density at radius 2 is 2.27 bits per heavy atom.